The van der Waals surface area contributed by atoms with Crippen LogP contribution in [0, 0.1) is 18.8 Å². The molecule has 0 spiro atoms. The second-order valence-electron chi connectivity index (χ2n) is 9.98. The summed E-state index contributed by atoms with van der Waals surface area (Å²) in [7, 11) is 1.86. The number of pyridine rings is 1. The molecule has 42 heavy (non-hydrogen) atoms. The normalized spacial score (nSPS) is 11.9. The molecule has 12 heteroatoms. The Bertz CT molecular complexity index is 2070. The predicted octanol–water partition coefficient (Wildman–Crippen LogP) is 2.52. The molecule has 0 saturated heterocycles. The number of fused-ring (bicyclic) bond motifs is 2. The molecule has 0 radical (unpaired) electrons. The van der Waals surface area contributed by atoms with Gasteiger partial charge in [0, 0.05) is 55.6 Å². The van der Waals surface area contributed by atoms with Gasteiger partial charge in [-0.1, -0.05) is 24.0 Å². The Kier molecular flexibility index (Phi) is 6.76. The number of H-pyrrole nitrogens is 1. The molecular formula is C30H28N10O2. The van der Waals surface area contributed by atoms with Gasteiger partial charge in [0.05, 0.1) is 35.2 Å². The molecular weight excluding hydrogens is 532 g/mol. The SMILES string of the molecule is Cc1c(C#Cc2cccc3cc(C(C)NC(=O)c4c(N)nn5cccnc45)n(CCc4cnc[nH]4)c(=O)c23)cnn1C. The van der Waals surface area contributed by atoms with Crippen molar-refractivity contribution in [1.82, 2.24) is 44.2 Å². The van der Waals surface area contributed by atoms with Crippen LogP contribution in [0.1, 0.15) is 51.5 Å². The van der Waals surface area contributed by atoms with Gasteiger partial charge >= 0.3 is 0 Å². The third-order valence-corrected chi connectivity index (χ3v) is 7.34. The maximum absolute atomic E-state index is 14.2. The number of anilines is 1. The van der Waals surface area contributed by atoms with Crippen LogP contribution in [0.25, 0.3) is 16.4 Å². The highest BCUT2D eigenvalue weighted by Crippen LogP contribution is 2.23. The number of nitrogens with one attached hydrogen (secondary N) is 2. The number of aromatic nitrogens is 8. The first-order valence-electron chi connectivity index (χ1n) is 13.4. The Morgan fingerprint density at radius 3 is 2.79 bits per heavy atom. The van der Waals surface area contributed by atoms with E-state index in [2.05, 4.69) is 42.3 Å². The molecule has 6 aromatic rings. The average molecular weight is 561 g/mol. The molecule has 0 aliphatic heterocycles. The number of amides is 1. The van der Waals surface area contributed by atoms with Gasteiger partial charge in [-0.05, 0) is 37.4 Å². The molecule has 0 bridgehead atoms. The number of hydrogen-bond acceptors (Lipinski definition) is 7. The number of nitrogen functional groups attached to an aromatic ring is 1. The van der Waals surface area contributed by atoms with Crippen molar-refractivity contribution in [2.75, 3.05) is 5.73 Å². The van der Waals surface area contributed by atoms with E-state index in [1.165, 1.54) is 4.52 Å². The molecule has 0 saturated carbocycles. The fourth-order valence-corrected chi connectivity index (χ4v) is 4.99. The summed E-state index contributed by atoms with van der Waals surface area (Å²) in [6.45, 7) is 4.13. The number of hydrogen-bond donors (Lipinski definition) is 3. The predicted molar refractivity (Wildman–Crippen MR) is 158 cm³/mol. The van der Waals surface area contributed by atoms with E-state index in [4.69, 9.17) is 5.73 Å². The van der Waals surface area contributed by atoms with Gasteiger partial charge in [-0.15, -0.1) is 5.10 Å². The van der Waals surface area contributed by atoms with Crippen molar-refractivity contribution in [1.29, 1.82) is 0 Å². The van der Waals surface area contributed by atoms with Crippen LogP contribution in [0.3, 0.4) is 0 Å². The van der Waals surface area contributed by atoms with Crippen molar-refractivity contribution >= 4 is 28.1 Å². The monoisotopic (exact) mass is 560 g/mol. The Morgan fingerprint density at radius 2 is 2.02 bits per heavy atom. The lowest BCUT2D eigenvalue weighted by Gasteiger charge is -2.21. The van der Waals surface area contributed by atoms with E-state index in [1.807, 2.05) is 45.2 Å². The van der Waals surface area contributed by atoms with E-state index in [0.29, 0.717) is 35.3 Å². The fourth-order valence-electron chi connectivity index (χ4n) is 4.99. The summed E-state index contributed by atoms with van der Waals surface area (Å²) >= 11 is 0. The second-order valence-corrected chi connectivity index (χ2v) is 9.98. The fraction of sp³-hybridized carbons (Fsp3) is 0.200. The zero-order valence-electron chi connectivity index (χ0n) is 23.3. The first kappa shape index (κ1) is 26.5. The summed E-state index contributed by atoms with van der Waals surface area (Å²) in [5.41, 5.74) is 10.3. The summed E-state index contributed by atoms with van der Waals surface area (Å²) in [5, 5.41) is 12.7. The van der Waals surface area contributed by atoms with E-state index in [0.717, 1.165) is 22.3 Å². The molecule has 6 rings (SSSR count). The van der Waals surface area contributed by atoms with Crippen LogP contribution in [0.2, 0.25) is 0 Å². The number of aryl methyl sites for hydroxylation is 2. The Morgan fingerprint density at radius 1 is 1.19 bits per heavy atom. The summed E-state index contributed by atoms with van der Waals surface area (Å²) in [6, 6.07) is 8.66. The maximum Gasteiger partial charge on any atom is 0.259 e. The minimum Gasteiger partial charge on any atom is -0.381 e. The highest BCUT2D eigenvalue weighted by molar-refractivity contribution is 6.04. The second kappa shape index (κ2) is 10.7. The topological polar surface area (TPSA) is 154 Å². The molecule has 1 aromatic carbocycles. The number of carbonyl (C=O) groups excluding carboxylic acids is 1. The van der Waals surface area contributed by atoms with E-state index in [-0.39, 0.29) is 16.9 Å². The van der Waals surface area contributed by atoms with E-state index >= 15 is 0 Å². The van der Waals surface area contributed by atoms with E-state index in [1.54, 1.807) is 46.4 Å². The summed E-state index contributed by atoms with van der Waals surface area (Å²) < 4.78 is 4.90. The van der Waals surface area contributed by atoms with Gasteiger partial charge in [0.2, 0.25) is 0 Å². The molecule has 4 N–H and O–H groups in total. The van der Waals surface area contributed by atoms with Crippen molar-refractivity contribution in [3.8, 4) is 11.8 Å². The molecule has 0 aliphatic rings. The number of aromatic amines is 1. The van der Waals surface area contributed by atoms with E-state index < -0.39 is 11.9 Å². The standard InChI is InChI=1S/C30H28N10O2/c1-18(36-29(41)26-27(31)37-40-12-5-11-33-28(26)40)24-14-21-7-4-6-20(8-9-22-15-35-38(3)19(22)2)25(21)30(42)39(24)13-10-23-16-32-17-34-23/h4-7,11-12,14-18H,10,13H2,1-3H3,(H2,31,37)(H,32,34)(H,36,41). The Balaban J connectivity index is 1.42. The zero-order chi connectivity index (χ0) is 29.4. The van der Waals surface area contributed by atoms with Crippen LogP contribution in [-0.2, 0) is 20.0 Å². The highest BCUT2D eigenvalue weighted by Gasteiger charge is 2.23. The minimum atomic E-state index is -0.554. The third-order valence-electron chi connectivity index (χ3n) is 7.34. The van der Waals surface area contributed by atoms with Crippen molar-refractivity contribution in [2.45, 2.75) is 32.9 Å². The first-order valence-corrected chi connectivity index (χ1v) is 13.4. The van der Waals surface area contributed by atoms with Gasteiger partial charge in [-0.2, -0.15) is 5.10 Å². The molecule has 1 amide bonds. The lowest BCUT2D eigenvalue weighted by Crippen LogP contribution is -2.33. The van der Waals surface area contributed by atoms with Crippen LogP contribution < -0.4 is 16.6 Å². The molecule has 210 valence electrons. The molecule has 12 nitrogen and oxygen atoms in total. The number of imidazole rings is 1. The largest absolute Gasteiger partial charge is 0.381 e. The van der Waals surface area contributed by atoms with Gasteiger partial charge in [0.15, 0.2) is 11.5 Å². The van der Waals surface area contributed by atoms with Gasteiger partial charge in [0.1, 0.15) is 5.56 Å². The minimum absolute atomic E-state index is 0.0700. The molecule has 0 fully saturated rings. The highest BCUT2D eigenvalue weighted by atomic mass is 16.2. The molecule has 1 atom stereocenters. The average Bonchev–Trinajstić information content (AvgIpc) is 3.70. The lowest BCUT2D eigenvalue weighted by molar-refractivity contribution is 0.0940. The summed E-state index contributed by atoms with van der Waals surface area (Å²) in [6.07, 6.45) is 8.82. The quantitative estimate of drug-likeness (QED) is 0.265. The van der Waals surface area contributed by atoms with E-state index in [9.17, 15) is 9.59 Å². The zero-order valence-corrected chi connectivity index (χ0v) is 23.3. The smallest absolute Gasteiger partial charge is 0.259 e. The lowest BCUT2D eigenvalue weighted by atomic mass is 10.0. The number of carbonyl (C=O) groups is 1. The molecule has 5 aromatic heterocycles. The number of nitrogens with two attached hydrogens (primary N) is 1. The van der Waals surface area contributed by atoms with Crippen LogP contribution in [0.5, 0.6) is 0 Å². The van der Waals surface area contributed by atoms with Crippen molar-refractivity contribution in [2.24, 2.45) is 7.05 Å². The maximum atomic E-state index is 14.2. The number of nitrogens with zero attached hydrogens (tertiary/aromatic N) is 7. The molecule has 1 unspecified atom stereocenters. The molecule has 0 aliphatic carbocycles. The van der Waals surface area contributed by atoms with Gasteiger partial charge in [0.25, 0.3) is 11.5 Å². The van der Waals surface area contributed by atoms with Crippen LogP contribution >= 0.6 is 0 Å². The van der Waals surface area contributed by atoms with Crippen LogP contribution in [-0.4, -0.2) is 44.8 Å². The van der Waals surface area contributed by atoms with Crippen molar-refractivity contribution in [3.05, 3.63) is 106 Å². The van der Waals surface area contributed by atoms with Crippen LogP contribution in [0.4, 0.5) is 5.82 Å². The van der Waals surface area contributed by atoms with Crippen molar-refractivity contribution < 1.29 is 4.79 Å². The van der Waals surface area contributed by atoms with Gasteiger partial charge < -0.3 is 20.6 Å². The Hall–Kier alpha value is -5.70. The van der Waals surface area contributed by atoms with Crippen molar-refractivity contribution in [3.63, 3.8) is 0 Å². The number of benzene rings is 1. The number of rotatable bonds is 6. The summed E-state index contributed by atoms with van der Waals surface area (Å²) in [4.78, 5) is 39.0. The third kappa shape index (κ3) is 4.77. The van der Waals surface area contributed by atoms with Gasteiger partial charge in [-0.25, -0.2) is 14.5 Å². The van der Waals surface area contributed by atoms with Crippen LogP contribution in [0.15, 0.2) is 66.2 Å². The Labute approximate surface area is 240 Å². The van der Waals surface area contributed by atoms with Gasteiger partial charge in [-0.3, -0.25) is 14.3 Å². The first-order chi connectivity index (χ1) is 20.3. The molecule has 5 heterocycles. The summed E-state index contributed by atoms with van der Waals surface area (Å²) in [5.74, 6) is 5.98.